The minimum Gasteiger partial charge on any atom is -0.473 e. The predicted molar refractivity (Wildman–Crippen MR) is 108 cm³/mol. The van der Waals surface area contributed by atoms with E-state index in [-0.39, 0.29) is 18.0 Å². The molecule has 0 bridgehead atoms. The third-order valence-corrected chi connectivity index (χ3v) is 5.24. The Labute approximate surface area is 171 Å². The first-order chi connectivity index (χ1) is 13.9. The van der Waals surface area contributed by atoms with Gasteiger partial charge in [-0.25, -0.2) is 9.59 Å². The van der Waals surface area contributed by atoms with Crippen LogP contribution in [0.1, 0.15) is 44.6 Å². The van der Waals surface area contributed by atoms with Gasteiger partial charge in [0.15, 0.2) is 0 Å². The topological polar surface area (TPSA) is 104 Å². The summed E-state index contributed by atoms with van der Waals surface area (Å²) >= 11 is 0. The summed E-state index contributed by atoms with van der Waals surface area (Å²) in [6.07, 6.45) is 8.03. The third-order valence-electron chi connectivity index (χ3n) is 5.24. The maximum Gasteiger partial charge on any atom is 0.414 e. The molecule has 1 aliphatic carbocycles. The Kier molecular flexibility index (Phi) is 8.86. The van der Waals surface area contributed by atoms with E-state index in [0.717, 1.165) is 43.6 Å². The summed E-state index contributed by atoms with van der Waals surface area (Å²) in [5.41, 5.74) is 2.28. The molecule has 0 amide bonds. The van der Waals surface area contributed by atoms with Crippen molar-refractivity contribution in [3.05, 3.63) is 42.0 Å². The van der Waals surface area contributed by atoms with Gasteiger partial charge in [-0.05, 0) is 43.4 Å². The van der Waals surface area contributed by atoms with Crippen LogP contribution in [0.5, 0.6) is 0 Å². The van der Waals surface area contributed by atoms with Crippen LogP contribution >= 0.6 is 0 Å². The first-order valence-electron chi connectivity index (χ1n) is 10.1. The van der Waals surface area contributed by atoms with Crippen molar-refractivity contribution in [3.8, 4) is 0 Å². The summed E-state index contributed by atoms with van der Waals surface area (Å²) in [7, 11) is 0. The number of hydrogen-bond acceptors (Lipinski definition) is 5. The SMILES string of the molecule is CCN1CC=C(c2ccccc2)C(C(=O)OC2CCCCC2)C1.O=C(O)C(=O)O. The van der Waals surface area contributed by atoms with E-state index in [1.165, 1.54) is 19.3 Å². The molecule has 1 aromatic carbocycles. The lowest BCUT2D eigenvalue weighted by Crippen LogP contribution is -2.39. The molecule has 158 valence electrons. The number of benzene rings is 1. The Bertz CT molecular complexity index is 712. The zero-order chi connectivity index (χ0) is 21.2. The van der Waals surface area contributed by atoms with Crippen LogP contribution in [0.15, 0.2) is 36.4 Å². The van der Waals surface area contributed by atoms with Crippen molar-refractivity contribution in [1.82, 2.24) is 4.90 Å². The van der Waals surface area contributed by atoms with Gasteiger partial charge >= 0.3 is 17.9 Å². The molecular formula is C22H29NO6. The minimum absolute atomic E-state index is 0.0369. The van der Waals surface area contributed by atoms with Crippen molar-refractivity contribution in [1.29, 1.82) is 0 Å². The van der Waals surface area contributed by atoms with Gasteiger partial charge in [-0.1, -0.05) is 49.8 Å². The zero-order valence-electron chi connectivity index (χ0n) is 16.8. The minimum atomic E-state index is -1.82. The van der Waals surface area contributed by atoms with E-state index in [0.29, 0.717) is 0 Å². The Hall–Kier alpha value is -2.67. The molecule has 1 heterocycles. The monoisotopic (exact) mass is 403 g/mol. The summed E-state index contributed by atoms with van der Waals surface area (Å²) in [4.78, 5) is 33.3. The average Bonchev–Trinajstić information content (AvgIpc) is 2.75. The van der Waals surface area contributed by atoms with E-state index in [2.05, 4.69) is 30.0 Å². The lowest BCUT2D eigenvalue weighted by molar-refractivity contribution is -0.159. The molecule has 1 atom stereocenters. The van der Waals surface area contributed by atoms with Gasteiger partial charge in [0.1, 0.15) is 6.10 Å². The molecule has 2 N–H and O–H groups in total. The number of carbonyl (C=O) groups is 3. The fraction of sp³-hybridized carbons (Fsp3) is 0.500. The van der Waals surface area contributed by atoms with Gasteiger partial charge < -0.3 is 14.9 Å². The molecule has 0 saturated heterocycles. The van der Waals surface area contributed by atoms with Crippen molar-refractivity contribution < 1.29 is 29.3 Å². The second-order valence-electron chi connectivity index (χ2n) is 7.24. The Morgan fingerprint density at radius 1 is 1.03 bits per heavy atom. The standard InChI is InChI=1S/C20H27NO2.C2H2O4/c1-2-21-14-13-18(16-9-5-3-6-10-16)19(15-21)20(22)23-17-11-7-4-8-12-17;3-1(4)2(5)6/h3,5-6,9-10,13,17,19H,2,4,7-8,11-12,14-15H2,1H3;(H,3,4)(H,5,6). The van der Waals surface area contributed by atoms with E-state index in [1.54, 1.807) is 0 Å². The first kappa shape index (κ1) is 22.6. The van der Waals surface area contributed by atoms with Crippen molar-refractivity contribution in [2.24, 2.45) is 5.92 Å². The van der Waals surface area contributed by atoms with Gasteiger partial charge in [0.05, 0.1) is 5.92 Å². The molecule has 1 aliphatic heterocycles. The quantitative estimate of drug-likeness (QED) is 0.588. The molecule has 29 heavy (non-hydrogen) atoms. The largest absolute Gasteiger partial charge is 0.473 e. The molecule has 0 spiro atoms. The maximum atomic E-state index is 12.8. The van der Waals surface area contributed by atoms with Gasteiger partial charge in [-0.3, -0.25) is 9.69 Å². The van der Waals surface area contributed by atoms with Gasteiger partial charge in [0.2, 0.25) is 0 Å². The van der Waals surface area contributed by atoms with Crippen LogP contribution in [0, 0.1) is 5.92 Å². The fourth-order valence-electron chi connectivity index (χ4n) is 3.64. The molecule has 1 aromatic rings. The average molecular weight is 403 g/mol. The second-order valence-corrected chi connectivity index (χ2v) is 7.24. The first-order valence-corrected chi connectivity index (χ1v) is 10.1. The molecule has 1 fully saturated rings. The van der Waals surface area contributed by atoms with Crippen molar-refractivity contribution in [3.63, 3.8) is 0 Å². The molecule has 1 unspecified atom stereocenters. The van der Waals surface area contributed by atoms with E-state index in [4.69, 9.17) is 24.5 Å². The number of carboxylic acid groups (broad SMARTS) is 2. The Balaban J connectivity index is 0.000000438. The predicted octanol–water partition coefficient (Wildman–Crippen LogP) is 3.05. The summed E-state index contributed by atoms with van der Waals surface area (Å²) in [5.74, 6) is -3.84. The maximum absolute atomic E-state index is 12.8. The number of esters is 1. The van der Waals surface area contributed by atoms with Crippen LogP contribution < -0.4 is 0 Å². The number of carbonyl (C=O) groups excluding carboxylic acids is 1. The lowest BCUT2D eigenvalue weighted by Gasteiger charge is -2.32. The highest BCUT2D eigenvalue weighted by molar-refractivity contribution is 6.27. The van der Waals surface area contributed by atoms with Gasteiger partial charge in [0, 0.05) is 13.1 Å². The number of hydrogen-bond donors (Lipinski definition) is 2. The summed E-state index contributed by atoms with van der Waals surface area (Å²) in [6.45, 7) is 4.79. The van der Waals surface area contributed by atoms with Crippen LogP contribution in [0.2, 0.25) is 0 Å². The van der Waals surface area contributed by atoms with Gasteiger partial charge in [-0.2, -0.15) is 0 Å². The van der Waals surface area contributed by atoms with E-state index in [9.17, 15) is 4.79 Å². The number of aliphatic carboxylic acids is 2. The number of rotatable bonds is 4. The summed E-state index contributed by atoms with van der Waals surface area (Å²) in [6, 6.07) is 10.3. The van der Waals surface area contributed by atoms with Crippen molar-refractivity contribution in [2.75, 3.05) is 19.6 Å². The Morgan fingerprint density at radius 2 is 1.66 bits per heavy atom. The van der Waals surface area contributed by atoms with Crippen LogP contribution in [0.3, 0.4) is 0 Å². The highest BCUT2D eigenvalue weighted by Crippen LogP contribution is 2.30. The molecule has 2 aliphatic rings. The third kappa shape index (κ3) is 7.02. The number of likely N-dealkylation sites (N-methyl/N-ethyl adjacent to an activating group) is 1. The normalized spacial score (nSPS) is 20.0. The van der Waals surface area contributed by atoms with Crippen LogP contribution in [-0.2, 0) is 19.1 Å². The van der Waals surface area contributed by atoms with Crippen molar-refractivity contribution in [2.45, 2.75) is 45.1 Å². The van der Waals surface area contributed by atoms with Crippen LogP contribution in [0.4, 0.5) is 0 Å². The Morgan fingerprint density at radius 3 is 2.21 bits per heavy atom. The molecule has 1 saturated carbocycles. The molecule has 7 heteroatoms. The van der Waals surface area contributed by atoms with Gasteiger partial charge in [-0.15, -0.1) is 0 Å². The van der Waals surface area contributed by atoms with Crippen molar-refractivity contribution >= 4 is 23.5 Å². The van der Waals surface area contributed by atoms with Crippen LogP contribution in [0.25, 0.3) is 5.57 Å². The number of nitrogens with zero attached hydrogens (tertiary/aromatic N) is 1. The second kappa shape index (κ2) is 11.4. The molecule has 0 radical (unpaired) electrons. The van der Waals surface area contributed by atoms with Gasteiger partial charge in [0.25, 0.3) is 0 Å². The highest BCUT2D eigenvalue weighted by Gasteiger charge is 2.32. The fourth-order valence-corrected chi connectivity index (χ4v) is 3.64. The number of ether oxygens (including phenoxy) is 1. The zero-order valence-corrected chi connectivity index (χ0v) is 16.8. The lowest BCUT2D eigenvalue weighted by atomic mass is 9.88. The smallest absolute Gasteiger partial charge is 0.414 e. The molecular weight excluding hydrogens is 374 g/mol. The number of carboxylic acids is 2. The van der Waals surface area contributed by atoms with E-state index >= 15 is 0 Å². The molecule has 0 aromatic heterocycles. The van der Waals surface area contributed by atoms with E-state index < -0.39 is 11.9 Å². The van der Waals surface area contributed by atoms with E-state index in [1.807, 2.05) is 18.2 Å². The summed E-state index contributed by atoms with van der Waals surface area (Å²) < 4.78 is 5.87. The molecule has 3 rings (SSSR count). The summed E-state index contributed by atoms with van der Waals surface area (Å²) in [5, 5.41) is 14.8. The highest BCUT2D eigenvalue weighted by atomic mass is 16.5. The molecule has 7 nitrogen and oxygen atoms in total. The van der Waals surface area contributed by atoms with Crippen LogP contribution in [-0.4, -0.2) is 58.8 Å².